The standard InChI is InChI=1S/C36H25N3O/c1-36(2)27-18-17-24(21-26(27)31-28(36)19-20-30-32(31)25-15-9-10-16-29(25)40-30)35-38-33(22-11-5-3-6-12-22)37-34(39-35)23-13-7-4-8-14-23/h3-21H,1-2H3. The molecule has 0 saturated carbocycles. The molecule has 1 aliphatic carbocycles. The van der Waals surface area contributed by atoms with Crippen LogP contribution in [0.25, 0.3) is 67.2 Å². The molecule has 1 aliphatic rings. The molecule has 2 heterocycles. The molecule has 8 rings (SSSR count). The summed E-state index contributed by atoms with van der Waals surface area (Å²) in [4.78, 5) is 14.8. The number of para-hydroxylation sites is 1. The third kappa shape index (κ3) is 3.36. The van der Waals surface area contributed by atoms with Crippen LogP contribution in [-0.4, -0.2) is 15.0 Å². The van der Waals surface area contributed by atoms with E-state index in [1.807, 2.05) is 72.8 Å². The molecule has 0 atom stereocenters. The van der Waals surface area contributed by atoms with E-state index in [4.69, 9.17) is 19.4 Å². The summed E-state index contributed by atoms with van der Waals surface area (Å²) in [6, 6.07) is 39.5. The van der Waals surface area contributed by atoms with E-state index in [0.29, 0.717) is 17.5 Å². The highest BCUT2D eigenvalue weighted by Gasteiger charge is 2.37. The van der Waals surface area contributed by atoms with Crippen LogP contribution in [0.1, 0.15) is 25.0 Å². The van der Waals surface area contributed by atoms with Crippen LogP contribution < -0.4 is 0 Å². The lowest BCUT2D eigenvalue weighted by molar-refractivity contribution is 0.656. The highest BCUT2D eigenvalue weighted by atomic mass is 16.3. The highest BCUT2D eigenvalue weighted by Crippen LogP contribution is 2.53. The molecule has 0 amide bonds. The number of aromatic nitrogens is 3. The fourth-order valence-electron chi connectivity index (χ4n) is 6.14. The van der Waals surface area contributed by atoms with E-state index in [-0.39, 0.29) is 5.41 Å². The first kappa shape index (κ1) is 22.9. The second kappa shape index (κ2) is 8.45. The predicted molar refractivity (Wildman–Crippen MR) is 161 cm³/mol. The molecule has 4 heteroatoms. The number of benzene rings is 5. The number of furan rings is 1. The third-order valence-corrected chi connectivity index (χ3v) is 8.14. The summed E-state index contributed by atoms with van der Waals surface area (Å²) in [7, 11) is 0. The van der Waals surface area contributed by atoms with Gasteiger partial charge in [-0.25, -0.2) is 15.0 Å². The van der Waals surface area contributed by atoms with Crippen molar-refractivity contribution in [3.63, 3.8) is 0 Å². The maximum Gasteiger partial charge on any atom is 0.164 e. The van der Waals surface area contributed by atoms with Gasteiger partial charge in [-0.05, 0) is 40.5 Å². The van der Waals surface area contributed by atoms with E-state index in [2.05, 4.69) is 56.3 Å². The number of fused-ring (bicyclic) bond motifs is 7. The zero-order chi connectivity index (χ0) is 26.8. The van der Waals surface area contributed by atoms with Gasteiger partial charge < -0.3 is 4.42 Å². The van der Waals surface area contributed by atoms with Crippen molar-refractivity contribution in [3.05, 3.63) is 126 Å². The Kier molecular flexibility index (Phi) is 4.83. The summed E-state index contributed by atoms with van der Waals surface area (Å²) in [5.74, 6) is 1.98. The van der Waals surface area contributed by atoms with Gasteiger partial charge in [0, 0.05) is 32.9 Å². The molecule has 0 spiro atoms. The Morgan fingerprint density at radius 3 is 1.77 bits per heavy atom. The summed E-state index contributed by atoms with van der Waals surface area (Å²) in [5, 5.41) is 2.31. The largest absolute Gasteiger partial charge is 0.456 e. The molecule has 0 fully saturated rings. The zero-order valence-corrected chi connectivity index (χ0v) is 22.2. The Hall–Kier alpha value is -5.09. The minimum Gasteiger partial charge on any atom is -0.456 e. The molecular formula is C36H25N3O. The van der Waals surface area contributed by atoms with Crippen LogP contribution in [0.3, 0.4) is 0 Å². The van der Waals surface area contributed by atoms with Crippen LogP contribution in [-0.2, 0) is 5.41 Å². The van der Waals surface area contributed by atoms with Crippen LogP contribution in [0.5, 0.6) is 0 Å². The maximum absolute atomic E-state index is 6.27. The Balaban J connectivity index is 1.38. The molecule has 40 heavy (non-hydrogen) atoms. The van der Waals surface area contributed by atoms with Crippen molar-refractivity contribution in [2.75, 3.05) is 0 Å². The van der Waals surface area contributed by atoms with Gasteiger partial charge in [-0.15, -0.1) is 0 Å². The molecule has 5 aromatic carbocycles. The topological polar surface area (TPSA) is 51.8 Å². The van der Waals surface area contributed by atoms with Gasteiger partial charge in [-0.3, -0.25) is 0 Å². The fraction of sp³-hybridized carbons (Fsp3) is 0.0833. The van der Waals surface area contributed by atoms with E-state index >= 15 is 0 Å². The van der Waals surface area contributed by atoms with Crippen molar-refractivity contribution in [1.82, 2.24) is 15.0 Å². The minimum absolute atomic E-state index is 0.140. The van der Waals surface area contributed by atoms with Crippen LogP contribution in [0.4, 0.5) is 0 Å². The first-order valence-electron chi connectivity index (χ1n) is 13.5. The van der Waals surface area contributed by atoms with E-state index in [0.717, 1.165) is 33.2 Å². The van der Waals surface area contributed by atoms with E-state index in [1.54, 1.807) is 0 Å². The van der Waals surface area contributed by atoms with Gasteiger partial charge in [0.1, 0.15) is 11.2 Å². The molecule has 0 unspecified atom stereocenters. The quantitative estimate of drug-likeness (QED) is 0.235. The fourth-order valence-corrected chi connectivity index (χ4v) is 6.14. The van der Waals surface area contributed by atoms with Crippen molar-refractivity contribution in [2.45, 2.75) is 19.3 Å². The first-order chi connectivity index (χ1) is 19.6. The van der Waals surface area contributed by atoms with Gasteiger partial charge in [0.15, 0.2) is 17.5 Å². The zero-order valence-electron chi connectivity index (χ0n) is 22.2. The van der Waals surface area contributed by atoms with Gasteiger partial charge in [0.2, 0.25) is 0 Å². The van der Waals surface area contributed by atoms with Crippen molar-refractivity contribution in [1.29, 1.82) is 0 Å². The average molecular weight is 516 g/mol. The monoisotopic (exact) mass is 515 g/mol. The Morgan fingerprint density at radius 2 is 1.10 bits per heavy atom. The summed E-state index contributed by atoms with van der Waals surface area (Å²) in [6.45, 7) is 4.60. The van der Waals surface area contributed by atoms with Gasteiger partial charge in [0.25, 0.3) is 0 Å². The molecule has 0 N–H and O–H groups in total. The minimum atomic E-state index is -0.140. The number of hydrogen-bond acceptors (Lipinski definition) is 4. The van der Waals surface area contributed by atoms with E-state index in [1.165, 1.54) is 27.6 Å². The van der Waals surface area contributed by atoms with Gasteiger partial charge in [-0.2, -0.15) is 0 Å². The molecular weight excluding hydrogens is 490 g/mol. The van der Waals surface area contributed by atoms with Gasteiger partial charge in [-0.1, -0.05) is 111 Å². The lowest BCUT2D eigenvalue weighted by Crippen LogP contribution is -2.14. The smallest absolute Gasteiger partial charge is 0.164 e. The van der Waals surface area contributed by atoms with Crippen molar-refractivity contribution >= 4 is 21.9 Å². The molecule has 0 aliphatic heterocycles. The summed E-state index contributed by atoms with van der Waals surface area (Å²) >= 11 is 0. The second-order valence-corrected chi connectivity index (χ2v) is 10.9. The number of nitrogens with zero attached hydrogens (tertiary/aromatic N) is 3. The second-order valence-electron chi connectivity index (χ2n) is 10.9. The number of hydrogen-bond donors (Lipinski definition) is 0. The normalized spacial score (nSPS) is 13.4. The summed E-state index contributed by atoms with van der Waals surface area (Å²) in [5.41, 5.74) is 9.61. The lowest BCUT2D eigenvalue weighted by atomic mass is 9.82. The van der Waals surface area contributed by atoms with Crippen LogP contribution in [0, 0.1) is 0 Å². The Morgan fingerprint density at radius 1 is 0.525 bits per heavy atom. The van der Waals surface area contributed by atoms with Crippen molar-refractivity contribution in [2.24, 2.45) is 0 Å². The molecule has 4 nitrogen and oxygen atoms in total. The van der Waals surface area contributed by atoms with Crippen LogP contribution in [0.2, 0.25) is 0 Å². The molecule has 7 aromatic rings. The molecule has 0 bridgehead atoms. The number of rotatable bonds is 3. The lowest BCUT2D eigenvalue weighted by Gasteiger charge is -2.21. The van der Waals surface area contributed by atoms with Gasteiger partial charge >= 0.3 is 0 Å². The van der Waals surface area contributed by atoms with Crippen molar-refractivity contribution < 1.29 is 4.42 Å². The SMILES string of the molecule is CC1(C)c2ccc(-c3nc(-c4ccccc4)nc(-c4ccccc4)n3)cc2-c2c1ccc1oc3ccccc3c21. The molecule has 190 valence electrons. The average Bonchev–Trinajstić information content (AvgIpc) is 3.50. The molecule has 0 radical (unpaired) electrons. The van der Waals surface area contributed by atoms with Crippen LogP contribution in [0.15, 0.2) is 120 Å². The highest BCUT2D eigenvalue weighted by molar-refractivity contribution is 6.15. The Labute approximate surface area is 232 Å². The molecule has 2 aromatic heterocycles. The first-order valence-corrected chi connectivity index (χ1v) is 13.5. The summed E-state index contributed by atoms with van der Waals surface area (Å²) < 4.78 is 6.27. The van der Waals surface area contributed by atoms with Gasteiger partial charge in [0.05, 0.1) is 0 Å². The third-order valence-electron chi connectivity index (χ3n) is 8.14. The summed E-state index contributed by atoms with van der Waals surface area (Å²) in [6.07, 6.45) is 0. The van der Waals surface area contributed by atoms with Crippen LogP contribution >= 0.6 is 0 Å². The van der Waals surface area contributed by atoms with E-state index < -0.39 is 0 Å². The van der Waals surface area contributed by atoms with E-state index in [9.17, 15) is 0 Å². The predicted octanol–water partition coefficient (Wildman–Crippen LogP) is 9.08. The molecule has 0 saturated heterocycles. The Bertz CT molecular complexity index is 2020. The maximum atomic E-state index is 6.27. The van der Waals surface area contributed by atoms with Crippen molar-refractivity contribution in [3.8, 4) is 45.3 Å².